The third kappa shape index (κ3) is 1.83. The molecule has 2 rings (SSSR count). The fraction of sp³-hybridized carbons (Fsp3) is 0.222. The second-order valence-electron chi connectivity index (χ2n) is 3.04. The van der Waals surface area contributed by atoms with Gasteiger partial charge < -0.3 is 0 Å². The molecule has 1 aliphatic heterocycles. The zero-order valence-corrected chi connectivity index (χ0v) is 8.31. The summed E-state index contributed by atoms with van der Waals surface area (Å²) >= 11 is 0. The normalized spacial score (nSPS) is 20.0. The molecule has 1 aliphatic rings. The number of hydrogen-bond acceptors (Lipinski definition) is 2. The SMILES string of the molecule is O=S1(=O)N=CCN1Cc1ccccc1. The Morgan fingerprint density at radius 1 is 1.29 bits per heavy atom. The van der Waals surface area contributed by atoms with Gasteiger partial charge in [0.05, 0.1) is 6.54 Å². The van der Waals surface area contributed by atoms with Gasteiger partial charge in [-0.25, -0.2) is 0 Å². The van der Waals surface area contributed by atoms with Gasteiger partial charge in [0.2, 0.25) is 0 Å². The molecule has 0 unspecified atom stereocenters. The number of benzene rings is 1. The van der Waals surface area contributed by atoms with Crippen LogP contribution in [0.2, 0.25) is 0 Å². The molecule has 0 fully saturated rings. The van der Waals surface area contributed by atoms with Crippen LogP contribution in [0, 0.1) is 0 Å². The van der Waals surface area contributed by atoms with Crippen LogP contribution in [0.3, 0.4) is 0 Å². The maximum absolute atomic E-state index is 11.3. The molecule has 0 bridgehead atoms. The van der Waals surface area contributed by atoms with E-state index in [1.54, 1.807) is 0 Å². The van der Waals surface area contributed by atoms with Gasteiger partial charge >= 0.3 is 10.2 Å². The molecule has 74 valence electrons. The summed E-state index contributed by atoms with van der Waals surface area (Å²) in [6.07, 6.45) is 1.41. The average Bonchev–Trinajstić information content (AvgIpc) is 2.48. The Kier molecular flexibility index (Phi) is 2.35. The first-order valence-corrected chi connectivity index (χ1v) is 5.66. The van der Waals surface area contributed by atoms with Crippen molar-refractivity contribution in [2.45, 2.75) is 6.54 Å². The van der Waals surface area contributed by atoms with E-state index in [0.717, 1.165) is 5.56 Å². The zero-order chi connectivity index (χ0) is 10.0. The summed E-state index contributed by atoms with van der Waals surface area (Å²) in [5, 5.41) is 0. The third-order valence-corrected chi connectivity index (χ3v) is 3.37. The molecule has 0 aliphatic carbocycles. The van der Waals surface area contributed by atoms with Crippen LogP contribution in [0.15, 0.2) is 34.7 Å². The minimum Gasteiger partial charge on any atom is -0.187 e. The van der Waals surface area contributed by atoms with Crippen LogP contribution < -0.4 is 0 Å². The van der Waals surface area contributed by atoms with Crippen LogP contribution in [0.25, 0.3) is 0 Å². The molecule has 1 aromatic carbocycles. The topological polar surface area (TPSA) is 49.7 Å². The molecule has 0 N–H and O–H groups in total. The first kappa shape index (κ1) is 9.36. The Labute approximate surface area is 83.1 Å². The number of hydrogen-bond donors (Lipinski definition) is 0. The quantitative estimate of drug-likeness (QED) is 0.725. The van der Waals surface area contributed by atoms with Crippen LogP contribution in [0.1, 0.15) is 5.56 Å². The summed E-state index contributed by atoms with van der Waals surface area (Å²) in [6.45, 7) is 0.764. The predicted molar refractivity (Wildman–Crippen MR) is 54.3 cm³/mol. The molecule has 0 amide bonds. The van der Waals surface area contributed by atoms with Crippen LogP contribution in [0.5, 0.6) is 0 Å². The summed E-state index contributed by atoms with van der Waals surface area (Å²) in [4.78, 5) is 0. The summed E-state index contributed by atoms with van der Waals surface area (Å²) < 4.78 is 27.3. The van der Waals surface area contributed by atoms with E-state index in [9.17, 15) is 8.42 Å². The zero-order valence-electron chi connectivity index (χ0n) is 7.50. The maximum atomic E-state index is 11.3. The highest BCUT2D eigenvalue weighted by Crippen LogP contribution is 2.12. The molecule has 14 heavy (non-hydrogen) atoms. The number of rotatable bonds is 2. The second kappa shape index (κ2) is 3.51. The highest BCUT2D eigenvalue weighted by atomic mass is 32.2. The van der Waals surface area contributed by atoms with Gasteiger partial charge in [-0.15, -0.1) is 0 Å². The Balaban J connectivity index is 2.14. The van der Waals surface area contributed by atoms with Crippen molar-refractivity contribution in [2.24, 2.45) is 4.40 Å². The van der Waals surface area contributed by atoms with Crippen LogP contribution in [-0.2, 0) is 16.8 Å². The van der Waals surface area contributed by atoms with Gasteiger partial charge in [-0.05, 0) is 5.56 Å². The minimum atomic E-state index is -3.38. The van der Waals surface area contributed by atoms with Gasteiger partial charge in [0.1, 0.15) is 0 Å². The van der Waals surface area contributed by atoms with Crippen molar-refractivity contribution >= 4 is 16.4 Å². The summed E-state index contributed by atoms with van der Waals surface area (Å²) in [6, 6.07) is 9.47. The van der Waals surface area contributed by atoms with Crippen LogP contribution in [0.4, 0.5) is 0 Å². The van der Waals surface area contributed by atoms with Crippen molar-refractivity contribution in [2.75, 3.05) is 6.54 Å². The van der Waals surface area contributed by atoms with E-state index in [1.165, 1.54) is 10.5 Å². The van der Waals surface area contributed by atoms with E-state index in [4.69, 9.17) is 0 Å². The molecule has 0 radical (unpaired) electrons. The Bertz CT molecular complexity index is 439. The molecule has 1 aromatic rings. The van der Waals surface area contributed by atoms with E-state index in [2.05, 4.69) is 4.40 Å². The fourth-order valence-corrected chi connectivity index (χ4v) is 2.27. The van der Waals surface area contributed by atoms with Crippen molar-refractivity contribution in [3.8, 4) is 0 Å². The molecule has 0 saturated carbocycles. The average molecular weight is 210 g/mol. The van der Waals surface area contributed by atoms with Crippen LogP contribution >= 0.6 is 0 Å². The summed E-state index contributed by atoms with van der Waals surface area (Å²) in [5.74, 6) is 0. The Hall–Kier alpha value is -1.20. The van der Waals surface area contributed by atoms with Gasteiger partial charge in [-0.2, -0.15) is 17.1 Å². The molecular weight excluding hydrogens is 200 g/mol. The lowest BCUT2D eigenvalue weighted by Gasteiger charge is -2.11. The van der Waals surface area contributed by atoms with Gasteiger partial charge in [-0.1, -0.05) is 30.3 Å². The van der Waals surface area contributed by atoms with Gasteiger partial charge in [-0.3, -0.25) is 0 Å². The summed E-state index contributed by atoms with van der Waals surface area (Å²) in [7, 11) is -3.38. The lowest BCUT2D eigenvalue weighted by molar-refractivity contribution is 0.459. The smallest absolute Gasteiger partial charge is 0.187 e. The lowest BCUT2D eigenvalue weighted by atomic mass is 10.2. The second-order valence-corrected chi connectivity index (χ2v) is 4.67. The molecule has 5 heteroatoms. The highest BCUT2D eigenvalue weighted by Gasteiger charge is 2.24. The van der Waals surface area contributed by atoms with E-state index < -0.39 is 10.2 Å². The number of nitrogens with zero attached hydrogens (tertiary/aromatic N) is 2. The maximum Gasteiger partial charge on any atom is 0.322 e. The van der Waals surface area contributed by atoms with Crippen molar-refractivity contribution in [1.29, 1.82) is 0 Å². The molecule has 0 aromatic heterocycles. The molecule has 0 saturated heterocycles. The monoisotopic (exact) mass is 210 g/mol. The first-order valence-electron chi connectivity index (χ1n) is 4.26. The Morgan fingerprint density at radius 3 is 2.57 bits per heavy atom. The van der Waals surface area contributed by atoms with Gasteiger partial charge in [0, 0.05) is 12.8 Å². The molecule has 0 spiro atoms. The van der Waals surface area contributed by atoms with Gasteiger partial charge in [0.25, 0.3) is 0 Å². The van der Waals surface area contributed by atoms with E-state index >= 15 is 0 Å². The van der Waals surface area contributed by atoms with E-state index in [1.807, 2.05) is 30.3 Å². The standard InChI is InChI=1S/C9H10N2O2S/c12-14(13)10-6-7-11(14)8-9-4-2-1-3-5-9/h1-6H,7-8H2. The third-order valence-electron chi connectivity index (χ3n) is 2.02. The highest BCUT2D eigenvalue weighted by molar-refractivity contribution is 7.88. The molecule has 0 atom stereocenters. The molecular formula is C9H10N2O2S. The fourth-order valence-electron chi connectivity index (χ4n) is 1.31. The van der Waals surface area contributed by atoms with Crippen molar-refractivity contribution in [3.63, 3.8) is 0 Å². The molecule has 4 nitrogen and oxygen atoms in total. The van der Waals surface area contributed by atoms with Gasteiger partial charge in [0.15, 0.2) is 0 Å². The van der Waals surface area contributed by atoms with Crippen molar-refractivity contribution < 1.29 is 8.42 Å². The first-order chi connectivity index (χ1) is 6.68. The summed E-state index contributed by atoms with van der Waals surface area (Å²) in [5.41, 5.74) is 0.974. The largest absolute Gasteiger partial charge is 0.322 e. The van der Waals surface area contributed by atoms with Crippen LogP contribution in [-0.4, -0.2) is 25.5 Å². The Morgan fingerprint density at radius 2 is 2.00 bits per heavy atom. The minimum absolute atomic E-state index is 0.372. The predicted octanol–water partition coefficient (Wildman–Crippen LogP) is 0.818. The van der Waals surface area contributed by atoms with Crippen molar-refractivity contribution in [1.82, 2.24) is 4.31 Å². The van der Waals surface area contributed by atoms with E-state index in [0.29, 0.717) is 13.1 Å². The van der Waals surface area contributed by atoms with E-state index in [-0.39, 0.29) is 0 Å². The lowest BCUT2D eigenvalue weighted by Crippen LogP contribution is -2.25. The molecule has 1 heterocycles. The van der Waals surface area contributed by atoms with Crippen molar-refractivity contribution in [3.05, 3.63) is 35.9 Å².